The summed E-state index contributed by atoms with van der Waals surface area (Å²) in [6, 6.07) is 2.39. The van der Waals surface area contributed by atoms with Crippen molar-refractivity contribution < 1.29 is 9.59 Å². The number of piperazine rings is 2. The molecule has 3 aliphatic heterocycles. The summed E-state index contributed by atoms with van der Waals surface area (Å²) in [6.45, 7) is 3.29. The maximum Gasteiger partial charge on any atom is 0.237 e. The highest BCUT2D eigenvalue weighted by Gasteiger charge is 2.46. The zero-order valence-corrected chi connectivity index (χ0v) is 14.7. The van der Waals surface area contributed by atoms with Crippen molar-refractivity contribution in [2.24, 2.45) is 0 Å². The molecule has 136 valence electrons. The van der Waals surface area contributed by atoms with Gasteiger partial charge in [0, 0.05) is 45.6 Å². The van der Waals surface area contributed by atoms with Crippen molar-refractivity contribution in [3.63, 3.8) is 0 Å². The summed E-state index contributed by atoms with van der Waals surface area (Å²) in [7, 11) is 1.79. The normalized spacial score (nSPS) is 25.7. The Morgan fingerprint density at radius 2 is 2.08 bits per heavy atom. The molecule has 9 heteroatoms. The Balaban J connectivity index is 1.39. The molecule has 0 aromatic carbocycles. The molecule has 26 heavy (non-hydrogen) atoms. The van der Waals surface area contributed by atoms with Crippen LogP contribution in [0.25, 0.3) is 0 Å². The van der Waals surface area contributed by atoms with Crippen LogP contribution < -0.4 is 4.90 Å². The van der Waals surface area contributed by atoms with Crippen molar-refractivity contribution >= 4 is 17.6 Å². The highest BCUT2D eigenvalue weighted by molar-refractivity contribution is 5.82. The van der Waals surface area contributed by atoms with Crippen LogP contribution in [0.5, 0.6) is 0 Å². The molecule has 2 bridgehead atoms. The molecule has 1 aromatic rings. The van der Waals surface area contributed by atoms with Gasteiger partial charge in [-0.25, -0.2) is 9.97 Å². The van der Waals surface area contributed by atoms with E-state index in [9.17, 15) is 14.9 Å². The second kappa shape index (κ2) is 6.53. The number of carbonyl (C=O) groups excluding carboxylic acids is 2. The predicted octanol–water partition coefficient (Wildman–Crippen LogP) is -1.09. The Morgan fingerprint density at radius 3 is 2.77 bits per heavy atom. The van der Waals surface area contributed by atoms with Crippen LogP contribution in [-0.4, -0.2) is 94.9 Å². The number of carbonyl (C=O) groups is 2. The van der Waals surface area contributed by atoms with Gasteiger partial charge in [0.05, 0.1) is 25.2 Å². The molecular weight excluding hydrogens is 334 g/mol. The first-order valence-corrected chi connectivity index (χ1v) is 8.80. The molecule has 3 fully saturated rings. The maximum atomic E-state index is 12.7. The van der Waals surface area contributed by atoms with Crippen molar-refractivity contribution in [1.82, 2.24) is 24.7 Å². The van der Waals surface area contributed by atoms with E-state index in [0.717, 1.165) is 13.0 Å². The molecule has 3 aliphatic rings. The second-order valence-corrected chi connectivity index (χ2v) is 7.11. The predicted molar refractivity (Wildman–Crippen MR) is 92.1 cm³/mol. The van der Waals surface area contributed by atoms with E-state index in [1.807, 2.05) is 9.80 Å². The fraction of sp³-hybridized carbons (Fsp3) is 0.588. The minimum atomic E-state index is 0.0600. The van der Waals surface area contributed by atoms with Gasteiger partial charge in [0.1, 0.15) is 6.07 Å². The molecule has 2 amide bonds. The number of fused-ring (bicyclic) bond motifs is 2. The van der Waals surface area contributed by atoms with Crippen LogP contribution in [0, 0.1) is 11.3 Å². The molecule has 0 radical (unpaired) electrons. The minimum absolute atomic E-state index is 0.0600. The van der Waals surface area contributed by atoms with Gasteiger partial charge in [-0.3, -0.25) is 14.5 Å². The van der Waals surface area contributed by atoms with E-state index in [4.69, 9.17) is 0 Å². The SMILES string of the molecule is CN1CCN(CC(=O)N2C[C@@H]3C[C@H]2CN3c2nccnc2C#N)CC1=O. The van der Waals surface area contributed by atoms with Crippen molar-refractivity contribution in [3.05, 3.63) is 18.1 Å². The lowest BCUT2D eigenvalue weighted by Crippen LogP contribution is -2.55. The monoisotopic (exact) mass is 355 g/mol. The van der Waals surface area contributed by atoms with Crippen LogP contribution in [0.1, 0.15) is 12.1 Å². The molecular formula is C17H21N7O2. The smallest absolute Gasteiger partial charge is 0.237 e. The summed E-state index contributed by atoms with van der Waals surface area (Å²) in [4.78, 5) is 40.6. The molecule has 4 rings (SSSR count). The Kier molecular flexibility index (Phi) is 4.20. The van der Waals surface area contributed by atoms with Gasteiger partial charge in [0.2, 0.25) is 11.8 Å². The molecule has 0 aliphatic carbocycles. The van der Waals surface area contributed by atoms with E-state index in [2.05, 4.69) is 20.9 Å². The van der Waals surface area contributed by atoms with Crippen molar-refractivity contribution in [1.29, 1.82) is 5.26 Å². The number of likely N-dealkylation sites (N-methyl/N-ethyl adjacent to an activating group) is 1. The average Bonchev–Trinajstić information content (AvgIpc) is 3.25. The number of hydrogen-bond donors (Lipinski definition) is 0. The number of amides is 2. The summed E-state index contributed by atoms with van der Waals surface area (Å²) in [5, 5.41) is 9.23. The first kappa shape index (κ1) is 16.7. The number of aromatic nitrogens is 2. The molecule has 0 spiro atoms. The van der Waals surface area contributed by atoms with Gasteiger partial charge in [-0.05, 0) is 6.42 Å². The summed E-state index contributed by atoms with van der Waals surface area (Å²) in [5.41, 5.74) is 0.328. The molecule has 3 saturated heterocycles. The number of nitriles is 1. The molecule has 2 atom stereocenters. The highest BCUT2D eigenvalue weighted by atomic mass is 16.2. The number of hydrogen-bond acceptors (Lipinski definition) is 7. The van der Waals surface area contributed by atoms with Crippen LogP contribution in [0.2, 0.25) is 0 Å². The first-order valence-electron chi connectivity index (χ1n) is 8.80. The largest absolute Gasteiger partial charge is 0.347 e. The van der Waals surface area contributed by atoms with E-state index in [-0.39, 0.29) is 30.4 Å². The molecule has 0 saturated carbocycles. The van der Waals surface area contributed by atoms with Gasteiger partial charge in [-0.1, -0.05) is 0 Å². The average molecular weight is 355 g/mol. The molecule has 4 heterocycles. The fourth-order valence-corrected chi connectivity index (χ4v) is 4.08. The lowest BCUT2D eigenvalue weighted by atomic mass is 10.2. The Hall–Kier alpha value is -2.73. The highest BCUT2D eigenvalue weighted by Crippen LogP contribution is 2.34. The minimum Gasteiger partial charge on any atom is -0.347 e. The summed E-state index contributed by atoms with van der Waals surface area (Å²) < 4.78 is 0. The van der Waals surface area contributed by atoms with Crippen molar-refractivity contribution in [2.75, 3.05) is 51.2 Å². The standard InChI is InChI=1S/C17H21N7O2/c1-21-4-5-22(10-15(21)25)11-16(26)23-8-13-6-12(23)9-24(13)17-14(7-18)19-2-3-20-17/h2-3,12-13H,4-6,8-11H2,1H3/t12-,13-/m0/s1. The van der Waals surface area contributed by atoms with Crippen LogP contribution in [0.15, 0.2) is 12.4 Å². The summed E-state index contributed by atoms with van der Waals surface area (Å²) >= 11 is 0. The van der Waals surface area contributed by atoms with E-state index in [0.29, 0.717) is 37.7 Å². The van der Waals surface area contributed by atoms with Crippen molar-refractivity contribution in [2.45, 2.75) is 18.5 Å². The lowest BCUT2D eigenvalue weighted by Gasteiger charge is -2.37. The first-order chi connectivity index (χ1) is 12.6. The molecule has 0 N–H and O–H groups in total. The van der Waals surface area contributed by atoms with E-state index in [1.54, 1.807) is 18.1 Å². The molecule has 0 unspecified atom stereocenters. The van der Waals surface area contributed by atoms with Gasteiger partial charge in [-0.2, -0.15) is 5.26 Å². The number of anilines is 1. The summed E-state index contributed by atoms with van der Waals surface area (Å²) in [6.07, 6.45) is 3.99. The Bertz CT molecular complexity index is 777. The van der Waals surface area contributed by atoms with Crippen LogP contribution in [0.4, 0.5) is 5.82 Å². The van der Waals surface area contributed by atoms with Crippen LogP contribution in [0.3, 0.4) is 0 Å². The topological polar surface area (TPSA) is 96.7 Å². The zero-order chi connectivity index (χ0) is 18.3. The van der Waals surface area contributed by atoms with Crippen molar-refractivity contribution in [3.8, 4) is 6.07 Å². The fourth-order valence-electron chi connectivity index (χ4n) is 4.08. The third-order valence-corrected chi connectivity index (χ3v) is 5.51. The van der Waals surface area contributed by atoms with E-state index in [1.165, 1.54) is 6.20 Å². The van der Waals surface area contributed by atoms with Gasteiger partial charge in [-0.15, -0.1) is 0 Å². The maximum absolute atomic E-state index is 12.7. The summed E-state index contributed by atoms with van der Waals surface area (Å²) in [5.74, 6) is 0.748. The van der Waals surface area contributed by atoms with Gasteiger partial charge >= 0.3 is 0 Å². The van der Waals surface area contributed by atoms with Gasteiger partial charge in [0.25, 0.3) is 0 Å². The molecule has 9 nitrogen and oxygen atoms in total. The van der Waals surface area contributed by atoms with E-state index < -0.39 is 0 Å². The molecule has 1 aromatic heterocycles. The van der Waals surface area contributed by atoms with E-state index >= 15 is 0 Å². The number of likely N-dealkylation sites (tertiary alicyclic amines) is 1. The second-order valence-electron chi connectivity index (χ2n) is 7.11. The van der Waals surface area contributed by atoms with Gasteiger partial charge in [0.15, 0.2) is 11.5 Å². The Labute approximate surface area is 151 Å². The third kappa shape index (κ3) is 2.86. The Morgan fingerprint density at radius 1 is 1.27 bits per heavy atom. The zero-order valence-electron chi connectivity index (χ0n) is 14.7. The van der Waals surface area contributed by atoms with Crippen LogP contribution in [-0.2, 0) is 9.59 Å². The van der Waals surface area contributed by atoms with Crippen LogP contribution >= 0.6 is 0 Å². The number of nitrogens with zero attached hydrogens (tertiary/aromatic N) is 7. The third-order valence-electron chi connectivity index (χ3n) is 5.51. The lowest BCUT2D eigenvalue weighted by molar-refractivity contribution is -0.138. The number of rotatable bonds is 3. The van der Waals surface area contributed by atoms with Gasteiger partial charge < -0.3 is 14.7 Å². The quantitative estimate of drug-likeness (QED) is 0.680.